The van der Waals surface area contributed by atoms with Gasteiger partial charge in [-0.15, -0.1) is 0 Å². The summed E-state index contributed by atoms with van der Waals surface area (Å²) in [5.74, 6) is 1.19. The van der Waals surface area contributed by atoms with E-state index >= 15 is 0 Å². The number of rotatable bonds is 4. The summed E-state index contributed by atoms with van der Waals surface area (Å²) in [6, 6.07) is 7.96. The highest BCUT2D eigenvalue weighted by atomic mass is 16.5. The number of hydrogen-bond acceptors (Lipinski definition) is 2. The Kier molecular flexibility index (Phi) is 4.02. The third-order valence-corrected chi connectivity index (χ3v) is 3.86. The zero-order valence-electron chi connectivity index (χ0n) is 11.2. The molecule has 0 aromatic heterocycles. The van der Waals surface area contributed by atoms with Gasteiger partial charge in [0, 0.05) is 18.4 Å². The number of hydrogen-bond donors (Lipinski definition) is 1. The minimum atomic E-state index is -0.373. The molecule has 0 saturated heterocycles. The third kappa shape index (κ3) is 2.27. The molecule has 0 radical (unpaired) electrons. The molecule has 98 valence electrons. The Morgan fingerprint density at radius 2 is 2.22 bits per heavy atom. The highest BCUT2D eigenvalue weighted by molar-refractivity contribution is 5.88. The smallest absolute Gasteiger partial charge is 0.197 e. The molecular formula is C15H22NO2+. The Morgan fingerprint density at radius 1 is 1.39 bits per heavy atom. The fourth-order valence-electron chi connectivity index (χ4n) is 2.94. The second-order valence-electron chi connectivity index (χ2n) is 4.95. The van der Waals surface area contributed by atoms with Crippen molar-refractivity contribution in [3.05, 3.63) is 29.8 Å². The molecule has 1 aromatic carbocycles. The molecule has 18 heavy (non-hydrogen) atoms. The molecule has 0 amide bonds. The van der Waals surface area contributed by atoms with Crippen LogP contribution < -0.4 is 10.1 Å². The van der Waals surface area contributed by atoms with Gasteiger partial charge in [-0.05, 0) is 31.9 Å². The van der Waals surface area contributed by atoms with Gasteiger partial charge in [-0.3, -0.25) is 4.79 Å². The lowest BCUT2D eigenvalue weighted by atomic mass is 9.75. The number of carbonyl (C=O) groups is 1. The molecule has 2 rings (SSSR count). The maximum absolute atomic E-state index is 12.4. The van der Waals surface area contributed by atoms with Crippen LogP contribution in [0.25, 0.3) is 0 Å². The van der Waals surface area contributed by atoms with Crippen molar-refractivity contribution in [2.75, 3.05) is 13.7 Å². The summed E-state index contributed by atoms with van der Waals surface area (Å²) in [6.07, 6.45) is 3.79. The molecule has 0 spiro atoms. The average Bonchev–Trinajstić information content (AvgIpc) is 2.42. The van der Waals surface area contributed by atoms with E-state index in [4.69, 9.17) is 4.74 Å². The largest absolute Gasteiger partial charge is 0.497 e. The van der Waals surface area contributed by atoms with Crippen LogP contribution in [0.2, 0.25) is 0 Å². The number of Topliss-reactive ketones (excluding diaryl/α,β-unsaturated/α-hetero) is 1. The van der Waals surface area contributed by atoms with Crippen LogP contribution >= 0.6 is 0 Å². The maximum Gasteiger partial charge on any atom is 0.197 e. The molecule has 3 nitrogen and oxygen atoms in total. The van der Waals surface area contributed by atoms with Crippen LogP contribution in [-0.4, -0.2) is 19.4 Å². The van der Waals surface area contributed by atoms with E-state index < -0.39 is 0 Å². The first kappa shape index (κ1) is 13.1. The zero-order valence-corrected chi connectivity index (χ0v) is 11.2. The standard InChI is InChI=1S/C15H21NO2/c1-3-16-15(10-5-4-9-14(15)17)12-7-6-8-13(11-12)18-2/h6-8,11,16H,3-5,9-10H2,1-2H3/p+1. The van der Waals surface area contributed by atoms with Crippen molar-refractivity contribution in [1.29, 1.82) is 0 Å². The molecule has 0 bridgehead atoms. The van der Waals surface area contributed by atoms with Crippen LogP contribution in [0.5, 0.6) is 5.75 Å². The molecule has 1 unspecified atom stereocenters. The normalized spacial score (nSPS) is 24.0. The van der Waals surface area contributed by atoms with Gasteiger partial charge in [0.05, 0.1) is 13.7 Å². The number of benzene rings is 1. The minimum Gasteiger partial charge on any atom is -0.497 e. The van der Waals surface area contributed by atoms with E-state index in [1.807, 2.05) is 18.2 Å². The molecular weight excluding hydrogens is 226 g/mol. The first-order valence-electron chi connectivity index (χ1n) is 6.75. The molecule has 1 saturated carbocycles. The SMILES string of the molecule is CC[NH2+]C1(c2cccc(OC)c2)CCCCC1=O. The lowest BCUT2D eigenvalue weighted by Crippen LogP contribution is -2.97. The van der Waals surface area contributed by atoms with E-state index in [2.05, 4.69) is 18.3 Å². The lowest BCUT2D eigenvalue weighted by Gasteiger charge is -2.33. The van der Waals surface area contributed by atoms with Crippen LogP contribution in [0.15, 0.2) is 24.3 Å². The third-order valence-electron chi connectivity index (χ3n) is 3.86. The van der Waals surface area contributed by atoms with Crippen LogP contribution in [-0.2, 0) is 10.3 Å². The minimum absolute atomic E-state index is 0.365. The van der Waals surface area contributed by atoms with Crippen molar-refractivity contribution >= 4 is 5.78 Å². The van der Waals surface area contributed by atoms with E-state index in [0.29, 0.717) is 12.2 Å². The lowest BCUT2D eigenvalue weighted by molar-refractivity contribution is -0.720. The van der Waals surface area contributed by atoms with E-state index in [9.17, 15) is 4.79 Å². The monoisotopic (exact) mass is 248 g/mol. The van der Waals surface area contributed by atoms with E-state index in [-0.39, 0.29) is 5.54 Å². The molecule has 0 aliphatic heterocycles. The van der Waals surface area contributed by atoms with Gasteiger partial charge in [0.1, 0.15) is 5.75 Å². The summed E-state index contributed by atoms with van der Waals surface area (Å²) < 4.78 is 5.28. The van der Waals surface area contributed by atoms with Gasteiger partial charge in [-0.1, -0.05) is 12.1 Å². The predicted octanol–water partition coefficient (Wildman–Crippen LogP) is 1.62. The number of ketones is 1. The number of ether oxygens (including phenoxy) is 1. The number of quaternary nitrogens is 1. The number of likely N-dealkylation sites (N-methyl/N-ethyl adjacent to an activating group) is 1. The van der Waals surface area contributed by atoms with Gasteiger partial charge in [0.15, 0.2) is 11.3 Å². The van der Waals surface area contributed by atoms with Crippen molar-refractivity contribution in [3.63, 3.8) is 0 Å². The Bertz CT molecular complexity index is 426. The summed E-state index contributed by atoms with van der Waals surface area (Å²) in [5, 5.41) is 2.18. The first-order chi connectivity index (χ1) is 8.73. The van der Waals surface area contributed by atoms with Gasteiger partial charge in [-0.2, -0.15) is 0 Å². The molecule has 1 aromatic rings. The van der Waals surface area contributed by atoms with E-state index in [0.717, 1.165) is 37.1 Å². The number of nitrogens with two attached hydrogens (primary N) is 1. The zero-order chi connectivity index (χ0) is 13.0. The average molecular weight is 248 g/mol. The van der Waals surface area contributed by atoms with Gasteiger partial charge in [-0.25, -0.2) is 0 Å². The molecule has 1 atom stereocenters. The second-order valence-corrected chi connectivity index (χ2v) is 4.95. The fourth-order valence-corrected chi connectivity index (χ4v) is 2.94. The van der Waals surface area contributed by atoms with Crippen LogP contribution in [0, 0.1) is 0 Å². The van der Waals surface area contributed by atoms with Crippen LogP contribution in [0.4, 0.5) is 0 Å². The molecule has 1 aliphatic rings. The fraction of sp³-hybridized carbons (Fsp3) is 0.533. The summed E-state index contributed by atoms with van der Waals surface area (Å²) in [6.45, 7) is 3.02. The van der Waals surface area contributed by atoms with Crippen molar-refractivity contribution < 1.29 is 14.8 Å². The highest BCUT2D eigenvalue weighted by Crippen LogP contribution is 2.32. The Labute approximate surface area is 109 Å². The Hall–Kier alpha value is -1.35. The van der Waals surface area contributed by atoms with Crippen molar-refractivity contribution in [2.24, 2.45) is 0 Å². The summed E-state index contributed by atoms with van der Waals surface area (Å²) in [4.78, 5) is 12.4. The summed E-state index contributed by atoms with van der Waals surface area (Å²) in [7, 11) is 1.66. The van der Waals surface area contributed by atoms with Gasteiger partial charge in [0.2, 0.25) is 0 Å². The number of carbonyl (C=O) groups excluding carboxylic acids is 1. The maximum atomic E-state index is 12.4. The topological polar surface area (TPSA) is 42.9 Å². The van der Waals surface area contributed by atoms with Crippen molar-refractivity contribution in [3.8, 4) is 5.75 Å². The van der Waals surface area contributed by atoms with Gasteiger partial charge < -0.3 is 10.1 Å². The van der Waals surface area contributed by atoms with Crippen molar-refractivity contribution in [2.45, 2.75) is 38.1 Å². The second kappa shape index (κ2) is 5.53. The summed E-state index contributed by atoms with van der Waals surface area (Å²) in [5.41, 5.74) is 0.718. The highest BCUT2D eigenvalue weighted by Gasteiger charge is 2.44. The summed E-state index contributed by atoms with van der Waals surface area (Å²) >= 11 is 0. The first-order valence-corrected chi connectivity index (χ1v) is 6.75. The molecule has 0 heterocycles. The van der Waals surface area contributed by atoms with Crippen LogP contribution in [0.1, 0.15) is 38.2 Å². The number of methoxy groups -OCH3 is 1. The van der Waals surface area contributed by atoms with E-state index in [1.54, 1.807) is 7.11 Å². The van der Waals surface area contributed by atoms with Gasteiger partial charge in [0.25, 0.3) is 0 Å². The van der Waals surface area contributed by atoms with Gasteiger partial charge >= 0.3 is 0 Å². The van der Waals surface area contributed by atoms with Crippen molar-refractivity contribution in [1.82, 2.24) is 0 Å². The Morgan fingerprint density at radius 3 is 2.89 bits per heavy atom. The van der Waals surface area contributed by atoms with E-state index in [1.165, 1.54) is 0 Å². The predicted molar refractivity (Wildman–Crippen MR) is 70.6 cm³/mol. The Balaban J connectivity index is 2.41. The quantitative estimate of drug-likeness (QED) is 0.880. The molecule has 2 N–H and O–H groups in total. The molecule has 1 fully saturated rings. The molecule has 1 aliphatic carbocycles. The van der Waals surface area contributed by atoms with Crippen LogP contribution in [0.3, 0.4) is 0 Å². The molecule has 3 heteroatoms.